The van der Waals surface area contributed by atoms with E-state index in [1.54, 1.807) is 0 Å². The molecule has 1 nitrogen and oxygen atoms in total. The van der Waals surface area contributed by atoms with Crippen LogP contribution >= 0.6 is 12.0 Å². The van der Waals surface area contributed by atoms with Crippen molar-refractivity contribution in [2.24, 2.45) is 0 Å². The Hall–Kier alpha value is 0.180. The fourth-order valence-corrected chi connectivity index (χ4v) is 1.21. The summed E-state index contributed by atoms with van der Waals surface area (Å²) in [6.07, 6.45) is 7.34. The molecule has 10 heavy (non-hydrogen) atoms. The van der Waals surface area contributed by atoms with Crippen molar-refractivity contribution in [2.45, 2.75) is 38.5 Å². The third-order valence-corrected chi connectivity index (χ3v) is 1.96. The van der Waals surface area contributed by atoms with Gasteiger partial charge >= 0.3 is 0 Å². The van der Waals surface area contributed by atoms with Crippen LogP contribution in [0.2, 0.25) is 0 Å². The Kier molecular flexibility index (Phi) is 9.35. The molecule has 0 aromatic heterocycles. The third-order valence-electron chi connectivity index (χ3n) is 1.49. The average molecular weight is 161 g/mol. The van der Waals surface area contributed by atoms with Gasteiger partial charge in [0.25, 0.3) is 0 Å². The summed E-state index contributed by atoms with van der Waals surface area (Å²) >= 11 is 0.953. The highest BCUT2D eigenvalue weighted by Gasteiger charge is 1.90. The van der Waals surface area contributed by atoms with E-state index in [2.05, 4.69) is 6.92 Å². The van der Waals surface area contributed by atoms with Crippen LogP contribution in [-0.4, -0.2) is 10.3 Å². The number of hydrogen-bond donors (Lipinski definition) is 1. The minimum Gasteiger partial charge on any atom is -0.330 e. The molecule has 0 aliphatic rings. The van der Waals surface area contributed by atoms with Crippen molar-refractivity contribution in [3.8, 4) is 0 Å². The SMILES string of the molecule is [CH2+]CCCCCCCSO. The third kappa shape index (κ3) is 8.18. The molecule has 0 heterocycles. The fourth-order valence-electron chi connectivity index (χ4n) is 0.874. The van der Waals surface area contributed by atoms with Gasteiger partial charge in [0.2, 0.25) is 0 Å². The van der Waals surface area contributed by atoms with E-state index in [1.165, 1.54) is 25.7 Å². The standard InChI is InChI=1S/C8H16OS/c1-2-3-4-5-6-7-8-10-9/h1-8H2/p+1. The molecular weight excluding hydrogens is 144 g/mol. The van der Waals surface area contributed by atoms with Crippen LogP contribution in [0.25, 0.3) is 0 Å². The van der Waals surface area contributed by atoms with Gasteiger partial charge in [-0.3, -0.25) is 0 Å². The van der Waals surface area contributed by atoms with E-state index in [1.807, 2.05) is 0 Å². The lowest BCUT2D eigenvalue weighted by molar-refractivity contribution is 0.626. The zero-order chi connectivity index (χ0) is 7.66. The summed E-state index contributed by atoms with van der Waals surface area (Å²) in [7, 11) is 0. The van der Waals surface area contributed by atoms with Crippen molar-refractivity contribution in [3.63, 3.8) is 0 Å². The highest BCUT2D eigenvalue weighted by Crippen LogP contribution is 2.06. The smallest absolute Gasteiger partial charge is 0.0850 e. The topological polar surface area (TPSA) is 20.2 Å². The van der Waals surface area contributed by atoms with E-state index in [0.717, 1.165) is 30.6 Å². The van der Waals surface area contributed by atoms with Crippen LogP contribution in [0, 0.1) is 6.92 Å². The monoisotopic (exact) mass is 161 g/mol. The van der Waals surface area contributed by atoms with E-state index in [-0.39, 0.29) is 0 Å². The van der Waals surface area contributed by atoms with Crippen molar-refractivity contribution in [3.05, 3.63) is 6.92 Å². The molecule has 0 aromatic carbocycles. The first-order valence-electron chi connectivity index (χ1n) is 3.97. The lowest BCUT2D eigenvalue weighted by atomic mass is 10.1. The number of unbranched alkanes of at least 4 members (excludes halogenated alkanes) is 5. The molecule has 0 unspecified atom stereocenters. The molecule has 60 valence electrons. The van der Waals surface area contributed by atoms with Crippen molar-refractivity contribution in [1.29, 1.82) is 0 Å². The van der Waals surface area contributed by atoms with Crippen LogP contribution < -0.4 is 0 Å². The van der Waals surface area contributed by atoms with Gasteiger partial charge in [0.1, 0.15) is 0 Å². The molecule has 0 aliphatic heterocycles. The largest absolute Gasteiger partial charge is 0.330 e. The predicted octanol–water partition coefficient (Wildman–Crippen LogP) is 3.37. The van der Waals surface area contributed by atoms with E-state index < -0.39 is 0 Å². The second kappa shape index (κ2) is 9.18. The van der Waals surface area contributed by atoms with Crippen LogP contribution in [0.3, 0.4) is 0 Å². The van der Waals surface area contributed by atoms with Gasteiger partial charge in [0, 0.05) is 5.75 Å². The predicted molar refractivity (Wildman–Crippen MR) is 48.1 cm³/mol. The van der Waals surface area contributed by atoms with Crippen LogP contribution in [0.1, 0.15) is 38.5 Å². The summed E-state index contributed by atoms with van der Waals surface area (Å²) < 4.78 is 8.38. The van der Waals surface area contributed by atoms with Gasteiger partial charge in [0.15, 0.2) is 0 Å². The fraction of sp³-hybridized carbons (Fsp3) is 0.875. The highest BCUT2D eigenvalue weighted by atomic mass is 32.2. The van der Waals surface area contributed by atoms with Crippen LogP contribution in [0.5, 0.6) is 0 Å². The maximum absolute atomic E-state index is 8.38. The summed E-state index contributed by atoms with van der Waals surface area (Å²) in [6.45, 7) is 3.78. The lowest BCUT2D eigenvalue weighted by Gasteiger charge is -1.95. The minimum absolute atomic E-state index is 0.893. The Morgan fingerprint density at radius 1 is 1.00 bits per heavy atom. The highest BCUT2D eigenvalue weighted by molar-refractivity contribution is 7.93. The van der Waals surface area contributed by atoms with Gasteiger partial charge in [0.05, 0.1) is 13.3 Å². The summed E-state index contributed by atoms with van der Waals surface area (Å²) in [4.78, 5) is 0. The molecule has 1 N–H and O–H groups in total. The Bertz CT molecular complexity index is 49.2. The lowest BCUT2D eigenvalue weighted by Crippen LogP contribution is -1.80. The molecule has 2 heteroatoms. The summed E-state index contributed by atoms with van der Waals surface area (Å²) in [5.74, 6) is 0.893. The quantitative estimate of drug-likeness (QED) is 0.351. The van der Waals surface area contributed by atoms with Crippen LogP contribution in [0.4, 0.5) is 0 Å². The summed E-state index contributed by atoms with van der Waals surface area (Å²) in [5, 5.41) is 0. The molecule has 0 atom stereocenters. The average Bonchev–Trinajstić information content (AvgIpc) is 1.97. The van der Waals surface area contributed by atoms with E-state index in [0.29, 0.717) is 0 Å². The zero-order valence-corrected chi connectivity index (χ0v) is 7.33. The number of hydrogen-bond acceptors (Lipinski definition) is 2. The normalized spacial score (nSPS) is 10.1. The van der Waals surface area contributed by atoms with Gasteiger partial charge in [-0.15, -0.1) is 0 Å². The first-order chi connectivity index (χ1) is 4.91. The molecule has 0 saturated heterocycles. The Balaban J connectivity index is 2.65. The van der Waals surface area contributed by atoms with Crippen molar-refractivity contribution in [1.82, 2.24) is 0 Å². The van der Waals surface area contributed by atoms with Gasteiger partial charge < -0.3 is 4.55 Å². The molecule has 0 rings (SSSR count). The second-order valence-corrected chi connectivity index (χ2v) is 3.12. The molecule has 0 saturated carbocycles. The molecule has 0 fully saturated rings. The van der Waals surface area contributed by atoms with Crippen molar-refractivity contribution >= 4 is 12.0 Å². The summed E-state index contributed by atoms with van der Waals surface area (Å²) in [6, 6.07) is 0. The Morgan fingerprint density at radius 3 is 2.20 bits per heavy atom. The molecule has 0 spiro atoms. The van der Waals surface area contributed by atoms with Gasteiger partial charge in [-0.25, -0.2) is 0 Å². The molecular formula is C8H17OS+. The van der Waals surface area contributed by atoms with E-state index in [9.17, 15) is 0 Å². The molecule has 0 aliphatic carbocycles. The van der Waals surface area contributed by atoms with Gasteiger partial charge in [-0.2, -0.15) is 0 Å². The van der Waals surface area contributed by atoms with Crippen molar-refractivity contribution in [2.75, 3.05) is 5.75 Å². The molecule has 0 amide bonds. The maximum atomic E-state index is 8.38. The van der Waals surface area contributed by atoms with Gasteiger partial charge in [-0.1, -0.05) is 12.8 Å². The van der Waals surface area contributed by atoms with Crippen LogP contribution in [0.15, 0.2) is 0 Å². The Labute approximate surface area is 68.4 Å². The molecule has 0 radical (unpaired) electrons. The first kappa shape index (κ1) is 10.2. The molecule has 0 aromatic rings. The Morgan fingerprint density at radius 2 is 1.60 bits per heavy atom. The van der Waals surface area contributed by atoms with E-state index >= 15 is 0 Å². The van der Waals surface area contributed by atoms with Crippen molar-refractivity contribution < 1.29 is 4.55 Å². The van der Waals surface area contributed by atoms with Crippen LogP contribution in [-0.2, 0) is 0 Å². The maximum Gasteiger partial charge on any atom is 0.0850 e. The molecule has 0 bridgehead atoms. The first-order valence-corrected chi connectivity index (χ1v) is 4.91. The number of rotatable bonds is 7. The second-order valence-electron chi connectivity index (χ2n) is 2.45. The van der Waals surface area contributed by atoms with E-state index in [4.69, 9.17) is 4.55 Å². The minimum atomic E-state index is 0.893. The van der Waals surface area contributed by atoms with Gasteiger partial charge in [-0.05, 0) is 31.3 Å². The summed E-state index contributed by atoms with van der Waals surface area (Å²) in [5.41, 5.74) is 0. The zero-order valence-electron chi connectivity index (χ0n) is 6.51.